The smallest absolute Gasteiger partial charge is 0.271 e. The zero-order chi connectivity index (χ0) is 19.7. The fourth-order valence-electron chi connectivity index (χ4n) is 2.81. The van der Waals surface area contributed by atoms with Crippen LogP contribution < -0.4 is 5.32 Å². The van der Waals surface area contributed by atoms with E-state index in [1.165, 1.54) is 11.3 Å². The molecule has 28 heavy (non-hydrogen) atoms. The predicted octanol–water partition coefficient (Wildman–Crippen LogP) is 4.01. The number of carbonyl (C=O) groups is 2. The molecule has 0 unspecified atom stereocenters. The van der Waals surface area contributed by atoms with Gasteiger partial charge in [-0.2, -0.15) is 0 Å². The molecule has 4 aromatic rings. The van der Waals surface area contributed by atoms with Crippen LogP contribution in [0.25, 0.3) is 16.2 Å². The van der Waals surface area contributed by atoms with Gasteiger partial charge in [0.2, 0.25) is 5.91 Å². The van der Waals surface area contributed by atoms with Crippen molar-refractivity contribution in [2.75, 3.05) is 19.4 Å². The molecule has 0 bridgehead atoms. The molecule has 8 heteroatoms. The number of carbonyl (C=O) groups excluding carboxylic acids is 2. The number of nitrogens with zero attached hydrogens (tertiary/aromatic N) is 3. The molecule has 0 saturated heterocycles. The molecule has 0 atom stereocenters. The first-order valence-corrected chi connectivity index (χ1v) is 10.4. The first-order chi connectivity index (χ1) is 13.5. The number of rotatable bonds is 5. The van der Waals surface area contributed by atoms with E-state index in [9.17, 15) is 9.59 Å². The molecule has 0 fully saturated rings. The summed E-state index contributed by atoms with van der Waals surface area (Å²) >= 11 is 3.01. The van der Waals surface area contributed by atoms with Gasteiger partial charge < -0.3 is 10.2 Å². The van der Waals surface area contributed by atoms with Crippen molar-refractivity contribution in [3.63, 3.8) is 0 Å². The van der Waals surface area contributed by atoms with E-state index in [0.717, 1.165) is 26.8 Å². The van der Waals surface area contributed by atoms with Gasteiger partial charge in [-0.3, -0.25) is 14.0 Å². The van der Waals surface area contributed by atoms with E-state index in [2.05, 4.69) is 10.3 Å². The maximum atomic E-state index is 12.3. The molecule has 4 rings (SSSR count). The minimum absolute atomic E-state index is 0.0375. The summed E-state index contributed by atoms with van der Waals surface area (Å²) in [5, 5.41) is 6.69. The number of hydrogen-bond acceptors (Lipinski definition) is 5. The highest BCUT2D eigenvalue weighted by atomic mass is 32.1. The Labute approximate surface area is 170 Å². The van der Waals surface area contributed by atoms with Gasteiger partial charge in [-0.25, -0.2) is 4.98 Å². The average Bonchev–Trinajstić information content (AvgIpc) is 3.38. The first kappa shape index (κ1) is 18.4. The number of hydrogen-bond donors (Lipinski definition) is 1. The van der Waals surface area contributed by atoms with Crippen LogP contribution in [-0.2, 0) is 11.2 Å². The molecule has 0 saturated carbocycles. The fraction of sp³-hybridized carbons (Fsp3) is 0.150. The molecule has 0 aliphatic carbocycles. The molecule has 0 aliphatic heterocycles. The Bertz CT molecular complexity index is 1130. The standard InChI is InChI=1S/C20H18N4O2S2/c1-23(2)19(26)17-12-28-20-22-16(11-24(17)20)13-5-7-14(8-6-13)21-18(25)10-15-4-3-9-27-15/h3-9,11-12H,10H2,1-2H3,(H,21,25). The first-order valence-electron chi connectivity index (χ1n) is 8.62. The predicted molar refractivity (Wildman–Crippen MR) is 113 cm³/mol. The van der Waals surface area contributed by atoms with Gasteiger partial charge in [-0.15, -0.1) is 22.7 Å². The lowest BCUT2D eigenvalue weighted by atomic mass is 10.1. The summed E-state index contributed by atoms with van der Waals surface area (Å²) in [6, 6.07) is 11.4. The second-order valence-electron chi connectivity index (χ2n) is 6.48. The highest BCUT2D eigenvalue weighted by Gasteiger charge is 2.16. The average molecular weight is 411 g/mol. The third-order valence-electron chi connectivity index (χ3n) is 4.21. The van der Waals surface area contributed by atoms with Crippen molar-refractivity contribution in [1.82, 2.24) is 14.3 Å². The van der Waals surface area contributed by atoms with Gasteiger partial charge in [-0.05, 0) is 23.6 Å². The zero-order valence-electron chi connectivity index (χ0n) is 15.4. The van der Waals surface area contributed by atoms with Crippen LogP contribution in [0.1, 0.15) is 15.4 Å². The summed E-state index contributed by atoms with van der Waals surface area (Å²) < 4.78 is 1.82. The Kier molecular flexibility index (Phi) is 4.97. The summed E-state index contributed by atoms with van der Waals surface area (Å²) in [5.74, 6) is -0.0939. The lowest BCUT2D eigenvalue weighted by Crippen LogP contribution is -2.22. The summed E-state index contributed by atoms with van der Waals surface area (Å²) in [5.41, 5.74) is 3.06. The van der Waals surface area contributed by atoms with E-state index >= 15 is 0 Å². The summed E-state index contributed by atoms with van der Waals surface area (Å²) in [4.78, 5) is 32.4. The Balaban J connectivity index is 1.50. The summed E-state index contributed by atoms with van der Waals surface area (Å²) in [7, 11) is 3.46. The van der Waals surface area contributed by atoms with Crippen LogP contribution in [0.5, 0.6) is 0 Å². The van der Waals surface area contributed by atoms with Crippen molar-refractivity contribution in [1.29, 1.82) is 0 Å². The van der Waals surface area contributed by atoms with Crippen LogP contribution in [0, 0.1) is 0 Å². The Morgan fingerprint density at radius 1 is 1.14 bits per heavy atom. The zero-order valence-corrected chi connectivity index (χ0v) is 17.0. The van der Waals surface area contributed by atoms with Crippen molar-refractivity contribution in [3.05, 3.63) is 63.9 Å². The number of aromatic nitrogens is 2. The molecule has 142 valence electrons. The van der Waals surface area contributed by atoms with Crippen molar-refractivity contribution < 1.29 is 9.59 Å². The summed E-state index contributed by atoms with van der Waals surface area (Å²) in [6.07, 6.45) is 2.24. The lowest BCUT2D eigenvalue weighted by molar-refractivity contribution is -0.115. The van der Waals surface area contributed by atoms with Gasteiger partial charge in [0, 0.05) is 41.8 Å². The topological polar surface area (TPSA) is 66.7 Å². The molecule has 1 N–H and O–H groups in total. The van der Waals surface area contributed by atoms with E-state index in [-0.39, 0.29) is 11.8 Å². The molecular weight excluding hydrogens is 392 g/mol. The van der Waals surface area contributed by atoms with Gasteiger partial charge in [0.25, 0.3) is 5.91 Å². The third kappa shape index (κ3) is 3.69. The quantitative estimate of drug-likeness (QED) is 0.541. The third-order valence-corrected chi connectivity index (χ3v) is 5.93. The molecular formula is C20H18N4O2S2. The number of imidazole rings is 1. The number of amides is 2. The number of thiophene rings is 1. The van der Waals surface area contributed by atoms with Gasteiger partial charge in [0.1, 0.15) is 5.69 Å². The van der Waals surface area contributed by atoms with E-state index < -0.39 is 0 Å². The van der Waals surface area contributed by atoms with Crippen LogP contribution in [-0.4, -0.2) is 40.2 Å². The van der Waals surface area contributed by atoms with Crippen LogP contribution in [0.2, 0.25) is 0 Å². The van der Waals surface area contributed by atoms with Gasteiger partial charge in [-0.1, -0.05) is 18.2 Å². The minimum Gasteiger partial charge on any atom is -0.343 e. The Morgan fingerprint density at radius 2 is 1.93 bits per heavy atom. The molecule has 3 aromatic heterocycles. The van der Waals surface area contributed by atoms with Crippen molar-refractivity contribution >= 4 is 45.1 Å². The monoisotopic (exact) mass is 410 g/mol. The van der Waals surface area contributed by atoms with Crippen LogP contribution in [0.3, 0.4) is 0 Å². The number of fused-ring (bicyclic) bond motifs is 1. The maximum absolute atomic E-state index is 12.3. The molecule has 3 heterocycles. The Morgan fingerprint density at radius 3 is 2.61 bits per heavy atom. The normalized spacial score (nSPS) is 10.9. The van der Waals surface area contributed by atoms with Gasteiger partial charge >= 0.3 is 0 Å². The SMILES string of the molecule is CN(C)C(=O)c1csc2nc(-c3ccc(NC(=O)Cc4cccs4)cc3)cn12. The summed E-state index contributed by atoms with van der Waals surface area (Å²) in [6.45, 7) is 0. The van der Waals surface area contributed by atoms with E-state index in [0.29, 0.717) is 12.1 Å². The number of nitrogens with one attached hydrogen (secondary N) is 1. The fourth-order valence-corrected chi connectivity index (χ4v) is 4.36. The van der Waals surface area contributed by atoms with Gasteiger partial charge in [0.15, 0.2) is 4.96 Å². The number of anilines is 1. The van der Waals surface area contributed by atoms with Crippen LogP contribution in [0.4, 0.5) is 5.69 Å². The van der Waals surface area contributed by atoms with Crippen LogP contribution in [0.15, 0.2) is 53.4 Å². The molecule has 0 radical (unpaired) electrons. The van der Waals surface area contributed by atoms with Crippen LogP contribution >= 0.6 is 22.7 Å². The number of thiazole rings is 1. The number of benzene rings is 1. The van der Waals surface area contributed by atoms with E-state index in [1.807, 2.05) is 57.8 Å². The lowest BCUT2D eigenvalue weighted by Gasteiger charge is -2.08. The largest absolute Gasteiger partial charge is 0.343 e. The molecule has 1 aromatic carbocycles. The van der Waals surface area contributed by atoms with Crippen molar-refractivity contribution in [3.8, 4) is 11.3 Å². The van der Waals surface area contributed by atoms with E-state index in [4.69, 9.17) is 0 Å². The highest BCUT2D eigenvalue weighted by Crippen LogP contribution is 2.25. The molecule has 6 nitrogen and oxygen atoms in total. The maximum Gasteiger partial charge on any atom is 0.271 e. The molecule has 0 spiro atoms. The molecule has 0 aliphatic rings. The minimum atomic E-state index is -0.0565. The van der Waals surface area contributed by atoms with Crippen molar-refractivity contribution in [2.24, 2.45) is 0 Å². The second-order valence-corrected chi connectivity index (χ2v) is 8.35. The second kappa shape index (κ2) is 7.57. The van der Waals surface area contributed by atoms with Crippen molar-refractivity contribution in [2.45, 2.75) is 6.42 Å². The van der Waals surface area contributed by atoms with E-state index in [1.54, 1.807) is 30.3 Å². The van der Waals surface area contributed by atoms with Gasteiger partial charge in [0.05, 0.1) is 12.1 Å². The highest BCUT2D eigenvalue weighted by molar-refractivity contribution is 7.15. The molecule has 2 amide bonds. The Hall–Kier alpha value is -2.97.